The molecule has 0 amide bonds. The maximum absolute atomic E-state index is 14.6. The third-order valence-corrected chi connectivity index (χ3v) is 6.04. The lowest BCUT2D eigenvalue weighted by Crippen LogP contribution is -2.38. The van der Waals surface area contributed by atoms with Crippen LogP contribution in [0.1, 0.15) is 52.5 Å². The molecule has 0 aliphatic carbocycles. The van der Waals surface area contributed by atoms with E-state index in [4.69, 9.17) is 14.0 Å². The maximum Gasteiger partial charge on any atom is 0.418 e. The Bertz CT molecular complexity index is 1300. The summed E-state index contributed by atoms with van der Waals surface area (Å²) in [6.07, 6.45) is -1.94. The van der Waals surface area contributed by atoms with Gasteiger partial charge < -0.3 is 18.9 Å². The molecular formula is C27H29F4N3O4. The average Bonchev–Trinajstić information content (AvgIpc) is 3.32. The van der Waals surface area contributed by atoms with Gasteiger partial charge in [0.1, 0.15) is 5.60 Å². The van der Waals surface area contributed by atoms with E-state index in [1.807, 2.05) is 6.92 Å². The zero-order chi connectivity index (χ0) is 27.7. The lowest BCUT2D eigenvalue weighted by Gasteiger charge is -2.37. The zero-order valence-corrected chi connectivity index (χ0v) is 21.6. The smallest absolute Gasteiger partial charge is 0.418 e. The van der Waals surface area contributed by atoms with Crippen LogP contribution in [-0.2, 0) is 15.7 Å². The molecule has 1 atom stereocenters. The first-order valence-electron chi connectivity index (χ1n) is 12.3. The number of aromatic nitrogens is 2. The van der Waals surface area contributed by atoms with Crippen molar-refractivity contribution in [3.8, 4) is 28.6 Å². The maximum atomic E-state index is 14.6. The molecule has 204 valence electrons. The van der Waals surface area contributed by atoms with Crippen molar-refractivity contribution in [1.29, 1.82) is 0 Å². The number of carbonyl (C=O) groups is 1. The number of benzene rings is 2. The van der Waals surface area contributed by atoms with Crippen molar-refractivity contribution in [2.75, 3.05) is 18.1 Å². The predicted octanol–water partition coefficient (Wildman–Crippen LogP) is 6.66. The summed E-state index contributed by atoms with van der Waals surface area (Å²) in [4.78, 5) is 17.8. The fraction of sp³-hybridized carbons (Fsp3) is 0.444. The number of hydrogen-bond donors (Lipinski definition) is 0. The molecule has 0 spiro atoms. The summed E-state index contributed by atoms with van der Waals surface area (Å²) in [5, 5.41) is 3.80. The van der Waals surface area contributed by atoms with Crippen LogP contribution in [0, 0.1) is 5.82 Å². The van der Waals surface area contributed by atoms with Crippen LogP contribution in [0.2, 0.25) is 0 Å². The SMILES string of the molecule is CC1CCCCN1c1ccc(-c2nc(-c3ccc(OCC(=O)OC(C)(C)C)c(F)c3)no2)cc1C(F)(F)F. The van der Waals surface area contributed by atoms with E-state index in [2.05, 4.69) is 10.1 Å². The summed E-state index contributed by atoms with van der Waals surface area (Å²) in [6, 6.07) is 7.77. The van der Waals surface area contributed by atoms with E-state index in [9.17, 15) is 22.4 Å². The van der Waals surface area contributed by atoms with Gasteiger partial charge in [-0.25, -0.2) is 9.18 Å². The lowest BCUT2D eigenvalue weighted by molar-refractivity contribution is -0.157. The molecule has 2 heterocycles. The monoisotopic (exact) mass is 535 g/mol. The number of alkyl halides is 3. The van der Waals surface area contributed by atoms with Crippen LogP contribution >= 0.6 is 0 Å². The highest BCUT2D eigenvalue weighted by Gasteiger charge is 2.37. The van der Waals surface area contributed by atoms with Crippen LogP contribution in [-0.4, -0.2) is 40.9 Å². The van der Waals surface area contributed by atoms with E-state index < -0.39 is 35.7 Å². The summed E-state index contributed by atoms with van der Waals surface area (Å²) in [6.45, 7) is 7.10. The van der Waals surface area contributed by atoms with Crippen molar-refractivity contribution >= 4 is 11.7 Å². The van der Waals surface area contributed by atoms with Crippen molar-refractivity contribution < 1.29 is 36.4 Å². The molecule has 1 fully saturated rings. The van der Waals surface area contributed by atoms with Gasteiger partial charge in [-0.05, 0) is 83.4 Å². The Morgan fingerprint density at radius 3 is 2.50 bits per heavy atom. The number of piperidine rings is 1. The Morgan fingerprint density at radius 1 is 1.11 bits per heavy atom. The topological polar surface area (TPSA) is 77.7 Å². The third-order valence-electron chi connectivity index (χ3n) is 6.04. The molecule has 0 saturated carbocycles. The Balaban J connectivity index is 1.54. The number of carbonyl (C=O) groups excluding carboxylic acids is 1. The van der Waals surface area contributed by atoms with Crippen LogP contribution in [0.4, 0.5) is 23.2 Å². The van der Waals surface area contributed by atoms with Gasteiger partial charge in [0.05, 0.1) is 5.56 Å². The van der Waals surface area contributed by atoms with Crippen molar-refractivity contribution in [3.05, 3.63) is 47.8 Å². The number of halogens is 4. The number of nitrogens with zero attached hydrogens (tertiary/aromatic N) is 3. The van der Waals surface area contributed by atoms with Gasteiger partial charge in [-0.3, -0.25) is 0 Å². The Morgan fingerprint density at radius 2 is 1.84 bits per heavy atom. The molecule has 1 aliphatic rings. The summed E-state index contributed by atoms with van der Waals surface area (Å²) in [7, 11) is 0. The van der Waals surface area contributed by atoms with E-state index in [0.29, 0.717) is 6.54 Å². The second-order valence-corrected chi connectivity index (χ2v) is 10.2. The van der Waals surface area contributed by atoms with Gasteiger partial charge in [0, 0.05) is 29.4 Å². The van der Waals surface area contributed by atoms with Gasteiger partial charge in [0.15, 0.2) is 18.2 Å². The van der Waals surface area contributed by atoms with Crippen molar-refractivity contribution in [2.24, 2.45) is 0 Å². The predicted molar refractivity (Wildman–Crippen MR) is 132 cm³/mol. The van der Waals surface area contributed by atoms with Crippen molar-refractivity contribution in [1.82, 2.24) is 10.1 Å². The van der Waals surface area contributed by atoms with Crippen LogP contribution in [0.25, 0.3) is 22.8 Å². The zero-order valence-electron chi connectivity index (χ0n) is 21.6. The first kappa shape index (κ1) is 27.4. The molecule has 2 aromatic carbocycles. The van der Waals surface area contributed by atoms with Gasteiger partial charge >= 0.3 is 12.1 Å². The molecule has 1 aliphatic heterocycles. The minimum absolute atomic E-state index is 0.00306. The summed E-state index contributed by atoms with van der Waals surface area (Å²) >= 11 is 0. The minimum atomic E-state index is -4.58. The molecule has 0 bridgehead atoms. The second-order valence-electron chi connectivity index (χ2n) is 10.2. The van der Waals surface area contributed by atoms with Crippen LogP contribution in [0.15, 0.2) is 40.9 Å². The van der Waals surface area contributed by atoms with E-state index in [-0.39, 0.29) is 40.3 Å². The van der Waals surface area contributed by atoms with Gasteiger partial charge in [-0.15, -0.1) is 0 Å². The highest BCUT2D eigenvalue weighted by Crippen LogP contribution is 2.41. The van der Waals surface area contributed by atoms with Gasteiger partial charge in [-0.1, -0.05) is 5.16 Å². The summed E-state index contributed by atoms with van der Waals surface area (Å²) in [5.41, 5.74) is -1.04. The lowest BCUT2D eigenvalue weighted by atomic mass is 9.99. The van der Waals surface area contributed by atoms with Crippen molar-refractivity contribution in [2.45, 2.75) is 64.8 Å². The molecule has 4 rings (SSSR count). The van der Waals surface area contributed by atoms with Crippen LogP contribution in [0.3, 0.4) is 0 Å². The summed E-state index contributed by atoms with van der Waals surface area (Å²) in [5.74, 6) is -1.76. The highest BCUT2D eigenvalue weighted by molar-refractivity contribution is 5.71. The fourth-order valence-corrected chi connectivity index (χ4v) is 4.33. The second kappa shape index (κ2) is 10.6. The van der Waals surface area contributed by atoms with Gasteiger partial charge in [0.25, 0.3) is 5.89 Å². The third kappa shape index (κ3) is 6.43. The minimum Gasteiger partial charge on any atom is -0.479 e. The molecule has 11 heteroatoms. The number of hydrogen-bond acceptors (Lipinski definition) is 7. The molecule has 7 nitrogen and oxygen atoms in total. The van der Waals surface area contributed by atoms with Crippen molar-refractivity contribution in [3.63, 3.8) is 0 Å². The first-order chi connectivity index (χ1) is 17.8. The molecule has 1 aromatic heterocycles. The number of esters is 1. The molecule has 0 radical (unpaired) electrons. The molecule has 3 aromatic rings. The van der Waals surface area contributed by atoms with Crippen LogP contribution < -0.4 is 9.64 Å². The molecule has 0 N–H and O–H groups in total. The normalized spacial score (nSPS) is 16.4. The van der Waals surface area contributed by atoms with Gasteiger partial charge in [0.2, 0.25) is 5.82 Å². The number of rotatable bonds is 6. The van der Waals surface area contributed by atoms with E-state index in [1.165, 1.54) is 24.3 Å². The van der Waals surface area contributed by atoms with E-state index in [1.54, 1.807) is 25.7 Å². The molecule has 1 saturated heterocycles. The quantitative estimate of drug-likeness (QED) is 0.258. The largest absolute Gasteiger partial charge is 0.479 e. The van der Waals surface area contributed by atoms with E-state index >= 15 is 0 Å². The van der Waals surface area contributed by atoms with Gasteiger partial charge in [-0.2, -0.15) is 18.2 Å². The Kier molecular flexibility index (Phi) is 7.66. The van der Waals surface area contributed by atoms with E-state index in [0.717, 1.165) is 31.4 Å². The molecular weight excluding hydrogens is 506 g/mol. The fourth-order valence-electron chi connectivity index (χ4n) is 4.33. The standard InChI is InChI=1S/C27H29F4N3O4/c1-16-7-5-6-12-34(16)21-10-8-18(13-19(21)27(29,30)31)25-32-24(33-38-25)17-9-11-22(20(28)14-17)36-15-23(35)37-26(2,3)4/h8-11,13-14,16H,5-7,12,15H2,1-4H3. The van der Waals surface area contributed by atoms with Crippen LogP contribution in [0.5, 0.6) is 5.75 Å². The summed E-state index contributed by atoms with van der Waals surface area (Å²) < 4.78 is 72.1. The number of ether oxygens (including phenoxy) is 2. The molecule has 1 unspecified atom stereocenters. The molecule has 38 heavy (non-hydrogen) atoms. The highest BCUT2D eigenvalue weighted by atomic mass is 19.4. The Hall–Kier alpha value is -3.63. The average molecular weight is 536 g/mol. The Labute approximate surface area is 217 Å². The number of anilines is 1. The first-order valence-corrected chi connectivity index (χ1v) is 12.3.